The normalized spacial score (nSPS) is 16.1. The van der Waals surface area contributed by atoms with Crippen LogP contribution in [-0.2, 0) is 29.2 Å². The van der Waals surface area contributed by atoms with Crippen molar-refractivity contribution in [2.75, 3.05) is 20.2 Å². The number of fused-ring (bicyclic) bond motifs is 1. The minimum atomic E-state index is -0.349. The van der Waals surface area contributed by atoms with Crippen LogP contribution in [0.2, 0.25) is 0 Å². The molecule has 5 heteroatoms. The van der Waals surface area contributed by atoms with Crippen molar-refractivity contribution < 1.29 is 14.3 Å². The molecule has 0 spiro atoms. The molecule has 0 bridgehead atoms. The van der Waals surface area contributed by atoms with E-state index < -0.39 is 0 Å². The van der Waals surface area contributed by atoms with E-state index in [1.165, 1.54) is 0 Å². The van der Waals surface area contributed by atoms with Crippen molar-refractivity contribution in [3.63, 3.8) is 0 Å². The lowest BCUT2D eigenvalue weighted by atomic mass is 10.1. The largest absolute Gasteiger partial charge is 0.486 e. The summed E-state index contributed by atoms with van der Waals surface area (Å²) in [6, 6.07) is 16.0. The molecule has 1 N–H and O–H groups in total. The van der Waals surface area contributed by atoms with Crippen molar-refractivity contribution in [3.8, 4) is 5.75 Å². The summed E-state index contributed by atoms with van der Waals surface area (Å²) in [5.41, 5.74) is 2.94. The van der Waals surface area contributed by atoms with Gasteiger partial charge in [0, 0.05) is 32.3 Å². The van der Waals surface area contributed by atoms with E-state index >= 15 is 0 Å². The molecule has 144 valence electrons. The average molecular weight is 368 g/mol. The maximum Gasteiger partial charge on any atom is 0.234 e. The molecule has 0 aliphatic carbocycles. The zero-order valence-corrected chi connectivity index (χ0v) is 16.3. The predicted octanol–water partition coefficient (Wildman–Crippen LogP) is 3.12. The second-order valence-corrected chi connectivity index (χ2v) is 7.59. The topological polar surface area (TPSA) is 50.8 Å². The Labute approximate surface area is 161 Å². The Morgan fingerprint density at radius 3 is 2.63 bits per heavy atom. The summed E-state index contributed by atoms with van der Waals surface area (Å²) in [6.07, 6.45) is 0. The highest BCUT2D eigenvalue weighted by Gasteiger charge is 2.29. The third-order valence-electron chi connectivity index (χ3n) is 4.62. The van der Waals surface area contributed by atoms with Crippen LogP contribution in [-0.4, -0.2) is 36.6 Å². The van der Waals surface area contributed by atoms with Gasteiger partial charge in [0.25, 0.3) is 0 Å². The van der Waals surface area contributed by atoms with Gasteiger partial charge in [-0.1, -0.05) is 42.5 Å². The molecule has 1 amide bonds. The van der Waals surface area contributed by atoms with Gasteiger partial charge in [0.05, 0.1) is 13.2 Å². The van der Waals surface area contributed by atoms with Gasteiger partial charge in [-0.25, -0.2) is 0 Å². The predicted molar refractivity (Wildman–Crippen MR) is 105 cm³/mol. The highest BCUT2D eigenvalue weighted by Crippen LogP contribution is 2.28. The zero-order chi connectivity index (χ0) is 19.3. The molecule has 1 aliphatic rings. The number of nitrogens with one attached hydrogen (secondary N) is 1. The lowest BCUT2D eigenvalue weighted by Crippen LogP contribution is -2.44. The van der Waals surface area contributed by atoms with Crippen LogP contribution in [0.1, 0.15) is 30.5 Å². The second-order valence-electron chi connectivity index (χ2n) is 7.59. The van der Waals surface area contributed by atoms with Crippen molar-refractivity contribution in [1.82, 2.24) is 10.2 Å². The summed E-state index contributed by atoms with van der Waals surface area (Å²) in [7, 11) is 1.68. The van der Waals surface area contributed by atoms with Gasteiger partial charge in [-0.05, 0) is 31.0 Å². The van der Waals surface area contributed by atoms with E-state index in [4.69, 9.17) is 9.47 Å². The Morgan fingerprint density at radius 2 is 1.85 bits per heavy atom. The Bertz CT molecular complexity index is 789. The molecule has 0 unspecified atom stereocenters. The first-order valence-corrected chi connectivity index (χ1v) is 9.28. The number of para-hydroxylation sites is 1. The molecule has 2 aromatic carbocycles. The summed E-state index contributed by atoms with van der Waals surface area (Å²) in [4.78, 5) is 14.7. The number of methoxy groups -OCH3 is 1. The minimum Gasteiger partial charge on any atom is -0.486 e. The number of nitrogens with zero attached hydrogens (tertiary/aromatic N) is 1. The van der Waals surface area contributed by atoms with Crippen molar-refractivity contribution in [2.24, 2.45) is 0 Å². The number of hydrogen-bond donors (Lipinski definition) is 1. The third kappa shape index (κ3) is 5.31. The fraction of sp³-hybridized carbons (Fsp3) is 0.409. The number of ether oxygens (including phenoxy) is 2. The quantitative estimate of drug-likeness (QED) is 0.851. The number of amides is 1. The van der Waals surface area contributed by atoms with Crippen LogP contribution < -0.4 is 10.1 Å². The Balaban J connectivity index is 1.62. The first-order valence-electron chi connectivity index (χ1n) is 9.28. The molecule has 27 heavy (non-hydrogen) atoms. The molecule has 0 fully saturated rings. The molecule has 3 rings (SSSR count). The van der Waals surface area contributed by atoms with Gasteiger partial charge < -0.3 is 14.8 Å². The summed E-state index contributed by atoms with van der Waals surface area (Å²) < 4.78 is 11.4. The van der Waals surface area contributed by atoms with Gasteiger partial charge in [0.1, 0.15) is 11.4 Å². The van der Waals surface area contributed by atoms with E-state index in [0.29, 0.717) is 32.8 Å². The average Bonchev–Trinajstić information content (AvgIpc) is 2.75. The van der Waals surface area contributed by atoms with Crippen LogP contribution in [0.4, 0.5) is 0 Å². The molecule has 0 aromatic heterocycles. The Hall–Kier alpha value is -2.37. The van der Waals surface area contributed by atoms with E-state index in [1.54, 1.807) is 7.11 Å². The number of carbonyl (C=O) groups excluding carboxylic acids is 1. The maximum atomic E-state index is 12.6. The molecular formula is C22H28N2O3. The highest BCUT2D eigenvalue weighted by molar-refractivity contribution is 5.78. The van der Waals surface area contributed by atoms with Gasteiger partial charge in [0.15, 0.2) is 0 Å². The van der Waals surface area contributed by atoms with Gasteiger partial charge in [-0.2, -0.15) is 0 Å². The van der Waals surface area contributed by atoms with Crippen LogP contribution in [0.25, 0.3) is 0 Å². The first-order chi connectivity index (χ1) is 13.0. The third-order valence-corrected chi connectivity index (χ3v) is 4.62. The van der Waals surface area contributed by atoms with E-state index in [2.05, 4.69) is 30.1 Å². The summed E-state index contributed by atoms with van der Waals surface area (Å²) in [6.45, 7) is 6.89. The standard InChI is InChI=1S/C22H28N2O3/c1-22(2)16-24(13-18-9-6-7-11-20(18)27-22)14-21(25)23-12-17-8-4-5-10-19(17)15-26-3/h4-11H,12-16H2,1-3H3,(H,23,25). The van der Waals surface area contributed by atoms with Crippen LogP contribution in [0.5, 0.6) is 5.75 Å². The van der Waals surface area contributed by atoms with E-state index in [1.807, 2.05) is 42.5 Å². The van der Waals surface area contributed by atoms with E-state index in [-0.39, 0.29) is 11.5 Å². The molecule has 1 aliphatic heterocycles. The van der Waals surface area contributed by atoms with Gasteiger partial charge in [-0.3, -0.25) is 9.69 Å². The Kier molecular flexibility index (Phi) is 6.14. The van der Waals surface area contributed by atoms with E-state index in [0.717, 1.165) is 22.4 Å². The fourth-order valence-electron chi connectivity index (χ4n) is 3.49. The SMILES string of the molecule is COCc1ccccc1CNC(=O)CN1Cc2ccccc2OC(C)(C)C1. The monoisotopic (exact) mass is 368 g/mol. The molecule has 2 aromatic rings. The van der Waals surface area contributed by atoms with Crippen LogP contribution in [0.3, 0.4) is 0 Å². The van der Waals surface area contributed by atoms with Gasteiger partial charge in [0.2, 0.25) is 5.91 Å². The van der Waals surface area contributed by atoms with Crippen LogP contribution in [0.15, 0.2) is 48.5 Å². The first kappa shape index (κ1) is 19.4. The number of benzene rings is 2. The zero-order valence-electron chi connectivity index (χ0n) is 16.3. The molecule has 1 heterocycles. The summed E-state index contributed by atoms with van der Waals surface area (Å²) >= 11 is 0. The highest BCUT2D eigenvalue weighted by atomic mass is 16.5. The molecule has 0 atom stereocenters. The number of rotatable bonds is 6. The molecule has 5 nitrogen and oxygen atoms in total. The number of carbonyl (C=O) groups is 1. The van der Waals surface area contributed by atoms with Crippen LogP contribution >= 0.6 is 0 Å². The van der Waals surface area contributed by atoms with Crippen molar-refractivity contribution in [2.45, 2.75) is 39.1 Å². The van der Waals surface area contributed by atoms with Crippen molar-refractivity contribution >= 4 is 5.91 Å². The summed E-state index contributed by atoms with van der Waals surface area (Å²) in [5.74, 6) is 0.913. The molecule has 0 radical (unpaired) electrons. The van der Waals surface area contributed by atoms with Crippen LogP contribution in [0, 0.1) is 0 Å². The fourth-order valence-corrected chi connectivity index (χ4v) is 3.49. The lowest BCUT2D eigenvalue weighted by molar-refractivity contribution is -0.122. The number of hydrogen-bond acceptors (Lipinski definition) is 4. The molecular weight excluding hydrogens is 340 g/mol. The Morgan fingerprint density at radius 1 is 1.15 bits per heavy atom. The summed E-state index contributed by atoms with van der Waals surface area (Å²) in [5, 5.41) is 3.04. The van der Waals surface area contributed by atoms with Gasteiger partial charge >= 0.3 is 0 Å². The lowest BCUT2D eigenvalue weighted by Gasteiger charge is -2.29. The maximum absolute atomic E-state index is 12.6. The van der Waals surface area contributed by atoms with Gasteiger partial charge in [-0.15, -0.1) is 0 Å². The smallest absolute Gasteiger partial charge is 0.234 e. The van der Waals surface area contributed by atoms with Crippen molar-refractivity contribution in [1.29, 1.82) is 0 Å². The molecule has 0 saturated carbocycles. The van der Waals surface area contributed by atoms with Crippen molar-refractivity contribution in [3.05, 3.63) is 65.2 Å². The second kappa shape index (κ2) is 8.55. The minimum absolute atomic E-state index is 0.0115. The molecule has 0 saturated heterocycles. The van der Waals surface area contributed by atoms with E-state index in [9.17, 15) is 4.79 Å².